The van der Waals surface area contributed by atoms with Crippen molar-refractivity contribution in [2.45, 2.75) is 224 Å². The number of likely N-dealkylation sites (N-methyl/N-ethyl adjacent to an activating group) is 2. The van der Waals surface area contributed by atoms with Gasteiger partial charge >= 0.3 is 5.97 Å². The number of ether oxygens (including phenoxy) is 6. The second-order valence-electron chi connectivity index (χ2n) is 22.4. The number of allylic oxidation sites excluding steroid dienone is 4. The average Bonchev–Trinajstić information content (AvgIpc) is 4.14. The van der Waals surface area contributed by atoms with E-state index in [1.54, 1.807) is 34.6 Å². The summed E-state index contributed by atoms with van der Waals surface area (Å²) < 4.78 is 44.4. The Hall–Kier alpha value is -2.83. The smallest absolute Gasteiger partial charge is 0.311 e. The number of cyclic esters (lactones) is 1. The van der Waals surface area contributed by atoms with E-state index in [9.17, 15) is 30.3 Å². The van der Waals surface area contributed by atoms with Crippen LogP contribution in [0.15, 0.2) is 29.3 Å². The number of hydrogen-bond acceptors (Lipinski definition) is 19. The van der Waals surface area contributed by atoms with Gasteiger partial charge in [0.25, 0.3) is 0 Å². The van der Waals surface area contributed by atoms with E-state index in [0.717, 1.165) is 24.2 Å². The third-order valence-electron chi connectivity index (χ3n) is 16.3. The Morgan fingerprint density at radius 2 is 1.71 bits per heavy atom. The highest BCUT2D eigenvalue weighted by atomic mass is 32.1. The number of nitrogens with zero attached hydrogens (tertiary/aromatic N) is 7. The zero-order chi connectivity index (χ0) is 52.9. The van der Waals surface area contributed by atoms with Gasteiger partial charge in [-0.3, -0.25) is 9.48 Å². The SMILES string of the molecule is CC[C@H]1OC(=O)[C@H](C)[C@@H](O[C@H]2C[C@@](C)(OC)[C@@H](O)[C@H](C)O2)[C@H](C)[C@@H](O[C@@H]2O[C@H](C)C[C@H](N(C)CCc3cn(CCC4=CC=C(c5csnn5)C4)nn3)[C@H]2O)[C@](C)(O)CC[C@@H](C)CN(C)[C@H](C)[C@@H](O)C[C@]1(C)O. The number of aromatic nitrogens is 5. The van der Waals surface area contributed by atoms with Crippen molar-refractivity contribution in [3.05, 3.63) is 40.7 Å². The zero-order valence-electron chi connectivity index (χ0n) is 45.1. The van der Waals surface area contributed by atoms with Crippen molar-refractivity contribution in [2.24, 2.45) is 17.8 Å². The molecule has 0 radical (unpaired) electrons. The molecule has 2 aromatic rings. The van der Waals surface area contributed by atoms with Crippen LogP contribution in [-0.4, -0.2) is 190 Å². The Morgan fingerprint density at radius 1 is 0.972 bits per heavy atom. The third-order valence-corrected chi connectivity index (χ3v) is 16.8. The normalized spacial score (nSPS) is 40.4. The molecule has 0 spiro atoms. The summed E-state index contributed by atoms with van der Waals surface area (Å²) in [6, 6.07) is -0.738. The molecule has 0 unspecified atom stereocenters. The molecule has 0 bridgehead atoms. The van der Waals surface area contributed by atoms with E-state index in [4.69, 9.17) is 28.4 Å². The summed E-state index contributed by atoms with van der Waals surface area (Å²) in [6.07, 6.45) is 0.809. The molecule has 5 heterocycles. The predicted octanol–water partition coefficient (Wildman–Crippen LogP) is 4.54. The first kappa shape index (κ1) is 58.4. The lowest BCUT2D eigenvalue weighted by atomic mass is 9.78. The highest BCUT2D eigenvalue weighted by Crippen LogP contribution is 2.40. The van der Waals surface area contributed by atoms with Crippen molar-refractivity contribution >= 4 is 23.1 Å². The van der Waals surface area contributed by atoms with Crippen molar-refractivity contribution in [1.29, 1.82) is 0 Å². The molecule has 18 atom stereocenters. The molecule has 4 aliphatic rings. The second kappa shape index (κ2) is 24.9. The standard InChI is InChI=1S/C52H87N7O12S/c1-14-42-51(9,65)25-41(60)34(6)58(12)27-30(2)17-20-50(8,64)47(32(4)45(33(5)48(63)69-42)70-43-26-52(10,66-13)46(62)35(7)68-43)71-49-44(61)40(23-31(3)67-49)57(11)21-19-38-28-59(55-53-38)22-18-36-15-16-37(24-36)39-29-72-56-54-39/h15-16,28-35,40-47,49,60-62,64-65H,14,17-27H2,1-13H3/t30-,31-,32+,33-,34-,35+,40+,41+,42-,43+,44-,45+,46+,47-,49+,50-,51+,52-/m1/s1. The number of aryl methyl sites for hydroxylation is 1. The molecule has 3 aliphatic heterocycles. The summed E-state index contributed by atoms with van der Waals surface area (Å²) in [7, 11) is 5.40. The molecule has 408 valence electrons. The Balaban J connectivity index is 1.23. The Labute approximate surface area is 431 Å². The van der Waals surface area contributed by atoms with Gasteiger partial charge in [-0.15, -0.1) is 10.2 Å². The molecule has 0 amide bonds. The average molecular weight is 1030 g/mol. The van der Waals surface area contributed by atoms with Crippen molar-refractivity contribution in [1.82, 2.24) is 34.4 Å². The van der Waals surface area contributed by atoms with Gasteiger partial charge in [-0.05, 0) is 124 Å². The molecule has 3 fully saturated rings. The number of rotatable bonds is 14. The molecule has 0 saturated carbocycles. The van der Waals surface area contributed by atoms with Crippen LogP contribution in [0.2, 0.25) is 0 Å². The molecule has 2 aromatic heterocycles. The van der Waals surface area contributed by atoms with E-state index in [-0.39, 0.29) is 43.7 Å². The van der Waals surface area contributed by atoms with Crippen molar-refractivity contribution in [2.75, 3.05) is 34.3 Å². The van der Waals surface area contributed by atoms with E-state index in [2.05, 4.69) is 43.9 Å². The van der Waals surface area contributed by atoms with E-state index >= 15 is 0 Å². The quantitative estimate of drug-likeness (QED) is 0.163. The van der Waals surface area contributed by atoms with Crippen molar-refractivity contribution < 1.29 is 58.7 Å². The van der Waals surface area contributed by atoms with Crippen LogP contribution in [0.1, 0.15) is 132 Å². The molecule has 1 aliphatic carbocycles. The summed E-state index contributed by atoms with van der Waals surface area (Å²) in [6.45, 7) is 19.9. The first-order valence-electron chi connectivity index (χ1n) is 26.2. The van der Waals surface area contributed by atoms with Crippen LogP contribution in [0.3, 0.4) is 0 Å². The molecular formula is C52H87N7O12S. The van der Waals surface area contributed by atoms with E-state index in [0.29, 0.717) is 38.9 Å². The first-order chi connectivity index (χ1) is 33.9. The van der Waals surface area contributed by atoms with Crippen molar-refractivity contribution in [3.63, 3.8) is 0 Å². The van der Waals surface area contributed by atoms with E-state index < -0.39 is 96.0 Å². The topological polar surface area (TPSA) is 237 Å². The van der Waals surface area contributed by atoms with Crippen molar-refractivity contribution in [3.8, 4) is 0 Å². The number of aliphatic hydroxyl groups is 5. The lowest BCUT2D eigenvalue weighted by molar-refractivity contribution is -0.318. The molecule has 6 rings (SSSR count). The molecule has 72 heavy (non-hydrogen) atoms. The van der Waals surface area contributed by atoms with E-state index in [1.165, 1.54) is 29.8 Å². The number of carbonyl (C=O) groups is 1. The summed E-state index contributed by atoms with van der Waals surface area (Å²) in [4.78, 5) is 18.7. The summed E-state index contributed by atoms with van der Waals surface area (Å²) >= 11 is 1.35. The maximum absolute atomic E-state index is 14.5. The fourth-order valence-corrected chi connectivity index (χ4v) is 11.7. The minimum atomic E-state index is -1.58. The van der Waals surface area contributed by atoms with Crippen LogP contribution >= 0.6 is 11.5 Å². The van der Waals surface area contributed by atoms with Crippen LogP contribution in [0.5, 0.6) is 0 Å². The monoisotopic (exact) mass is 1030 g/mol. The maximum Gasteiger partial charge on any atom is 0.311 e. The highest BCUT2D eigenvalue weighted by Gasteiger charge is 2.52. The number of aliphatic hydroxyl groups excluding tert-OH is 3. The molecule has 0 aromatic carbocycles. The molecular weight excluding hydrogens is 947 g/mol. The molecule has 19 nitrogen and oxygen atoms in total. The minimum absolute atomic E-state index is 0.0363. The molecule has 3 saturated heterocycles. The molecule has 5 N–H and O–H groups in total. The molecule has 20 heteroatoms. The lowest BCUT2D eigenvalue weighted by Crippen LogP contribution is -2.60. The van der Waals surface area contributed by atoms with Gasteiger partial charge in [-0.2, -0.15) is 0 Å². The van der Waals surface area contributed by atoms with Crippen LogP contribution < -0.4 is 0 Å². The van der Waals surface area contributed by atoms with Gasteiger partial charge in [0, 0.05) is 75.6 Å². The Kier molecular flexibility index (Phi) is 20.2. The summed E-state index contributed by atoms with van der Waals surface area (Å²) in [5.74, 6) is -2.43. The first-order valence-corrected chi connectivity index (χ1v) is 27.0. The van der Waals surface area contributed by atoms with Gasteiger partial charge in [0.2, 0.25) is 0 Å². The summed E-state index contributed by atoms with van der Waals surface area (Å²) in [5.41, 5.74) is 0.0178. The highest BCUT2D eigenvalue weighted by molar-refractivity contribution is 7.03. The lowest BCUT2D eigenvalue weighted by Gasteiger charge is -2.48. The Morgan fingerprint density at radius 3 is 2.39 bits per heavy atom. The fraction of sp³-hybridized carbons (Fsp3) is 0.827. The Bertz CT molecular complexity index is 2090. The van der Waals surface area contributed by atoms with Crippen LogP contribution in [0, 0.1) is 17.8 Å². The minimum Gasteiger partial charge on any atom is -0.459 e. The van der Waals surface area contributed by atoms with Gasteiger partial charge in [-0.1, -0.05) is 48.2 Å². The fourth-order valence-electron chi connectivity index (χ4n) is 11.2. The largest absolute Gasteiger partial charge is 0.459 e. The third kappa shape index (κ3) is 14.3. The van der Waals surface area contributed by atoms with Gasteiger partial charge < -0.3 is 63.8 Å². The van der Waals surface area contributed by atoms with Gasteiger partial charge in [0.05, 0.1) is 53.3 Å². The number of hydrogen-bond donors (Lipinski definition) is 5. The second-order valence-corrected chi connectivity index (χ2v) is 23.0. The van der Waals surface area contributed by atoms with Crippen LogP contribution in [-0.2, 0) is 46.2 Å². The van der Waals surface area contributed by atoms with Gasteiger partial charge in [0.15, 0.2) is 12.6 Å². The number of carbonyl (C=O) groups excluding carboxylic acids is 1. The van der Waals surface area contributed by atoms with Gasteiger partial charge in [0.1, 0.15) is 29.6 Å². The number of esters is 1. The van der Waals surface area contributed by atoms with E-state index in [1.807, 2.05) is 62.9 Å². The number of methoxy groups -OCH3 is 1. The van der Waals surface area contributed by atoms with Crippen LogP contribution in [0.25, 0.3) is 5.57 Å². The zero-order valence-corrected chi connectivity index (χ0v) is 45.9. The van der Waals surface area contributed by atoms with Crippen LogP contribution in [0.4, 0.5) is 0 Å². The maximum atomic E-state index is 14.5. The predicted molar refractivity (Wildman–Crippen MR) is 271 cm³/mol. The van der Waals surface area contributed by atoms with Gasteiger partial charge in [-0.25, -0.2) is 0 Å². The summed E-state index contributed by atoms with van der Waals surface area (Å²) in [5, 5.41) is 74.6.